The van der Waals surface area contributed by atoms with Crippen molar-refractivity contribution in [3.05, 3.63) is 0 Å². The van der Waals surface area contributed by atoms with Gasteiger partial charge in [0.15, 0.2) is 0 Å². The van der Waals surface area contributed by atoms with Crippen LogP contribution in [-0.4, -0.2) is 64.6 Å². The molecule has 0 spiro atoms. The molecule has 2 unspecified atom stereocenters. The topological polar surface area (TPSA) is 57.2 Å². The molecule has 1 aliphatic carbocycles. The summed E-state index contributed by atoms with van der Waals surface area (Å²) in [7, 11) is 1.65. The van der Waals surface area contributed by atoms with Crippen LogP contribution in [0.15, 0.2) is 0 Å². The van der Waals surface area contributed by atoms with E-state index in [0.29, 0.717) is 45.6 Å². The summed E-state index contributed by atoms with van der Waals surface area (Å²) in [6.45, 7) is 4.35. The molecule has 19 heavy (non-hydrogen) atoms. The number of aliphatic hydroxyl groups excluding tert-OH is 1. The maximum atomic E-state index is 9.65. The number of aliphatic hydroxyl groups is 1. The molecule has 1 rings (SSSR count). The van der Waals surface area contributed by atoms with Crippen LogP contribution in [0.25, 0.3) is 0 Å². The zero-order valence-electron chi connectivity index (χ0n) is 12.0. The highest BCUT2D eigenvalue weighted by molar-refractivity contribution is 4.76. The molecule has 1 saturated carbocycles. The molecular formula is C14H28O5. The van der Waals surface area contributed by atoms with Gasteiger partial charge in [0.25, 0.3) is 0 Å². The second-order valence-corrected chi connectivity index (χ2v) is 4.88. The molecule has 0 heterocycles. The predicted octanol–water partition coefficient (Wildman–Crippen LogP) is 1.23. The number of hydrogen-bond donors (Lipinski definition) is 1. The fraction of sp³-hybridized carbons (Fsp3) is 1.00. The zero-order chi connectivity index (χ0) is 13.8. The Morgan fingerprint density at radius 1 is 0.842 bits per heavy atom. The van der Waals surface area contributed by atoms with E-state index in [1.165, 1.54) is 0 Å². The minimum atomic E-state index is -0.107. The summed E-state index contributed by atoms with van der Waals surface area (Å²) in [5.74, 6) is 0.440. The molecule has 2 atom stereocenters. The van der Waals surface area contributed by atoms with Crippen LogP contribution in [0.2, 0.25) is 0 Å². The monoisotopic (exact) mass is 276 g/mol. The SMILES string of the molecule is COCCOCCOCCOCCC1CCCC1O. The highest BCUT2D eigenvalue weighted by Gasteiger charge is 2.24. The third kappa shape index (κ3) is 8.55. The van der Waals surface area contributed by atoms with Crippen molar-refractivity contribution < 1.29 is 24.1 Å². The van der Waals surface area contributed by atoms with Crippen molar-refractivity contribution in [3.63, 3.8) is 0 Å². The van der Waals surface area contributed by atoms with E-state index in [9.17, 15) is 5.11 Å². The second kappa shape index (κ2) is 11.6. The smallest absolute Gasteiger partial charge is 0.0701 e. The summed E-state index contributed by atoms with van der Waals surface area (Å²) in [4.78, 5) is 0. The third-order valence-corrected chi connectivity index (χ3v) is 3.43. The van der Waals surface area contributed by atoms with Gasteiger partial charge in [-0.25, -0.2) is 0 Å². The van der Waals surface area contributed by atoms with Crippen LogP contribution in [0.1, 0.15) is 25.7 Å². The summed E-state index contributed by atoms with van der Waals surface area (Å²) < 4.78 is 21.0. The summed E-state index contributed by atoms with van der Waals surface area (Å²) in [6, 6.07) is 0. The molecule has 0 bridgehead atoms. The van der Waals surface area contributed by atoms with Crippen LogP contribution in [0.3, 0.4) is 0 Å². The van der Waals surface area contributed by atoms with Gasteiger partial charge in [-0.1, -0.05) is 6.42 Å². The number of ether oxygens (including phenoxy) is 4. The molecule has 0 radical (unpaired) electrons. The van der Waals surface area contributed by atoms with Gasteiger partial charge in [-0.05, 0) is 25.2 Å². The van der Waals surface area contributed by atoms with Gasteiger partial charge in [0.2, 0.25) is 0 Å². The Labute approximate surface area is 116 Å². The number of methoxy groups -OCH3 is 1. The average Bonchev–Trinajstić information content (AvgIpc) is 2.82. The molecular weight excluding hydrogens is 248 g/mol. The van der Waals surface area contributed by atoms with Crippen LogP contribution in [0.5, 0.6) is 0 Å². The highest BCUT2D eigenvalue weighted by atomic mass is 16.6. The maximum absolute atomic E-state index is 9.65. The van der Waals surface area contributed by atoms with Gasteiger partial charge in [0, 0.05) is 13.7 Å². The molecule has 5 nitrogen and oxygen atoms in total. The highest BCUT2D eigenvalue weighted by Crippen LogP contribution is 2.27. The van der Waals surface area contributed by atoms with Crippen molar-refractivity contribution in [3.8, 4) is 0 Å². The lowest BCUT2D eigenvalue weighted by Gasteiger charge is -2.14. The van der Waals surface area contributed by atoms with Gasteiger partial charge >= 0.3 is 0 Å². The molecule has 1 N–H and O–H groups in total. The van der Waals surface area contributed by atoms with Crippen LogP contribution in [0, 0.1) is 5.92 Å². The van der Waals surface area contributed by atoms with Crippen LogP contribution in [-0.2, 0) is 18.9 Å². The van der Waals surface area contributed by atoms with Gasteiger partial charge in [-0.2, -0.15) is 0 Å². The summed E-state index contributed by atoms with van der Waals surface area (Å²) in [5.41, 5.74) is 0. The maximum Gasteiger partial charge on any atom is 0.0701 e. The third-order valence-electron chi connectivity index (χ3n) is 3.43. The minimum Gasteiger partial charge on any atom is -0.393 e. The lowest BCUT2D eigenvalue weighted by Crippen LogP contribution is -2.16. The minimum absolute atomic E-state index is 0.107. The van der Waals surface area contributed by atoms with E-state index in [1.807, 2.05) is 0 Å². The zero-order valence-corrected chi connectivity index (χ0v) is 12.0. The van der Waals surface area contributed by atoms with Crippen molar-refractivity contribution >= 4 is 0 Å². The van der Waals surface area contributed by atoms with Crippen LogP contribution >= 0.6 is 0 Å². The normalized spacial score (nSPS) is 23.1. The fourth-order valence-corrected chi connectivity index (χ4v) is 2.27. The van der Waals surface area contributed by atoms with Crippen molar-refractivity contribution in [1.29, 1.82) is 0 Å². The van der Waals surface area contributed by atoms with Gasteiger partial charge in [-0.3, -0.25) is 0 Å². The van der Waals surface area contributed by atoms with E-state index in [4.69, 9.17) is 18.9 Å². The molecule has 5 heteroatoms. The molecule has 0 aromatic heterocycles. The second-order valence-electron chi connectivity index (χ2n) is 4.88. The van der Waals surface area contributed by atoms with E-state index >= 15 is 0 Å². The first-order valence-corrected chi connectivity index (χ1v) is 7.25. The largest absolute Gasteiger partial charge is 0.393 e. The van der Waals surface area contributed by atoms with Gasteiger partial charge < -0.3 is 24.1 Å². The van der Waals surface area contributed by atoms with Crippen molar-refractivity contribution in [2.45, 2.75) is 31.8 Å². The van der Waals surface area contributed by atoms with E-state index in [1.54, 1.807) is 7.11 Å². The van der Waals surface area contributed by atoms with Crippen LogP contribution in [0.4, 0.5) is 0 Å². The average molecular weight is 276 g/mol. The first kappa shape index (κ1) is 16.9. The number of rotatable bonds is 12. The molecule has 0 aromatic rings. The van der Waals surface area contributed by atoms with Crippen molar-refractivity contribution in [2.75, 3.05) is 53.4 Å². The lowest BCUT2D eigenvalue weighted by molar-refractivity contribution is 0.000115. The van der Waals surface area contributed by atoms with E-state index in [0.717, 1.165) is 32.3 Å². The number of hydrogen-bond acceptors (Lipinski definition) is 5. The van der Waals surface area contributed by atoms with E-state index in [2.05, 4.69) is 0 Å². The summed E-state index contributed by atoms with van der Waals surface area (Å²) >= 11 is 0. The molecule has 0 aromatic carbocycles. The molecule has 0 amide bonds. The molecule has 0 saturated heterocycles. The molecule has 1 aliphatic rings. The van der Waals surface area contributed by atoms with Gasteiger partial charge in [0.1, 0.15) is 0 Å². The first-order valence-electron chi connectivity index (χ1n) is 7.25. The Hall–Kier alpha value is -0.200. The Balaban J connectivity index is 1.74. The van der Waals surface area contributed by atoms with Gasteiger partial charge in [-0.15, -0.1) is 0 Å². The predicted molar refractivity (Wildman–Crippen MR) is 72.3 cm³/mol. The lowest BCUT2D eigenvalue weighted by atomic mass is 10.0. The first-order chi connectivity index (χ1) is 9.34. The Morgan fingerprint density at radius 2 is 1.42 bits per heavy atom. The van der Waals surface area contributed by atoms with E-state index in [-0.39, 0.29) is 6.10 Å². The van der Waals surface area contributed by atoms with Gasteiger partial charge in [0.05, 0.1) is 45.7 Å². The summed E-state index contributed by atoms with van der Waals surface area (Å²) in [5, 5.41) is 9.65. The quantitative estimate of drug-likeness (QED) is 0.543. The van der Waals surface area contributed by atoms with Crippen LogP contribution < -0.4 is 0 Å². The molecule has 0 aliphatic heterocycles. The Bertz CT molecular complexity index is 200. The van der Waals surface area contributed by atoms with Crippen molar-refractivity contribution in [2.24, 2.45) is 5.92 Å². The van der Waals surface area contributed by atoms with E-state index < -0.39 is 0 Å². The molecule has 114 valence electrons. The Kier molecular flexibility index (Phi) is 10.3. The standard InChI is InChI=1S/C14H28O5/c1-16-7-8-18-11-12-19-10-9-17-6-5-13-3-2-4-14(13)15/h13-15H,2-12H2,1H3. The molecule has 1 fully saturated rings. The summed E-state index contributed by atoms with van der Waals surface area (Å²) in [6.07, 6.45) is 4.10. The fourth-order valence-electron chi connectivity index (χ4n) is 2.27. The van der Waals surface area contributed by atoms with Crippen molar-refractivity contribution in [1.82, 2.24) is 0 Å². The Morgan fingerprint density at radius 3 is 1.95 bits per heavy atom.